The minimum atomic E-state index is -0.343. The molecule has 0 radical (unpaired) electrons. The third kappa shape index (κ3) is 4.81. The summed E-state index contributed by atoms with van der Waals surface area (Å²) in [5.74, 6) is -0.602. The van der Waals surface area contributed by atoms with Crippen molar-refractivity contribution in [1.29, 1.82) is 0 Å². The molecule has 1 atom stereocenters. The number of carbonyl (C=O) groups is 2. The number of hydrogen-bond donors (Lipinski definition) is 1. The Bertz CT molecular complexity index is 193. The molecule has 5 nitrogen and oxygen atoms in total. The molecule has 0 amide bonds. The van der Waals surface area contributed by atoms with Gasteiger partial charge in [-0.1, -0.05) is 6.92 Å². The molecule has 14 heavy (non-hydrogen) atoms. The van der Waals surface area contributed by atoms with E-state index in [2.05, 4.69) is 14.8 Å². The molecule has 0 aromatic rings. The van der Waals surface area contributed by atoms with Gasteiger partial charge in [0.15, 0.2) is 0 Å². The summed E-state index contributed by atoms with van der Waals surface area (Å²) in [4.78, 5) is 21.8. The fourth-order valence-corrected chi connectivity index (χ4v) is 0.987. The predicted octanol–water partition coefficient (Wildman–Crippen LogP) is 0.0907. The third-order valence-electron chi connectivity index (χ3n) is 1.84. The van der Waals surface area contributed by atoms with E-state index in [-0.39, 0.29) is 24.4 Å². The first-order valence-corrected chi connectivity index (χ1v) is 4.53. The summed E-state index contributed by atoms with van der Waals surface area (Å²) in [5.41, 5.74) is 0. The molecule has 0 rings (SSSR count). The Morgan fingerprint density at radius 3 is 2.36 bits per heavy atom. The lowest BCUT2D eigenvalue weighted by Crippen LogP contribution is -2.38. The van der Waals surface area contributed by atoms with E-state index in [0.717, 1.165) is 0 Å². The lowest BCUT2D eigenvalue weighted by atomic mass is 10.2. The van der Waals surface area contributed by atoms with Gasteiger partial charge in [0.25, 0.3) is 0 Å². The molecule has 1 unspecified atom stereocenters. The topological polar surface area (TPSA) is 64.6 Å². The standard InChI is InChI=1S/C9H17NO4/c1-4-7(9(12)14-3)10-6-5-8(11)13-2/h7,10H,4-6H2,1-3H3. The van der Waals surface area contributed by atoms with E-state index in [1.54, 1.807) is 0 Å². The normalized spacial score (nSPS) is 11.9. The molecule has 0 saturated heterocycles. The van der Waals surface area contributed by atoms with Crippen LogP contribution in [0.3, 0.4) is 0 Å². The van der Waals surface area contributed by atoms with Gasteiger partial charge in [0.1, 0.15) is 6.04 Å². The maximum atomic E-state index is 11.1. The van der Waals surface area contributed by atoms with Crippen LogP contribution in [0.1, 0.15) is 19.8 Å². The van der Waals surface area contributed by atoms with Crippen molar-refractivity contribution in [1.82, 2.24) is 5.32 Å². The predicted molar refractivity (Wildman–Crippen MR) is 50.7 cm³/mol. The van der Waals surface area contributed by atoms with Gasteiger partial charge in [-0.2, -0.15) is 0 Å². The monoisotopic (exact) mass is 203 g/mol. The maximum absolute atomic E-state index is 11.1. The minimum absolute atomic E-state index is 0.254. The Hall–Kier alpha value is -1.10. The van der Waals surface area contributed by atoms with E-state index in [1.165, 1.54) is 14.2 Å². The maximum Gasteiger partial charge on any atom is 0.322 e. The van der Waals surface area contributed by atoms with Crippen LogP contribution in [-0.2, 0) is 19.1 Å². The van der Waals surface area contributed by atoms with Crippen molar-refractivity contribution in [2.75, 3.05) is 20.8 Å². The molecule has 0 aromatic heterocycles. The van der Waals surface area contributed by atoms with E-state index in [0.29, 0.717) is 13.0 Å². The Labute approximate surface area is 83.8 Å². The summed E-state index contributed by atoms with van der Waals surface area (Å²) in [6, 6.07) is -0.343. The number of rotatable bonds is 6. The highest BCUT2D eigenvalue weighted by Gasteiger charge is 2.15. The van der Waals surface area contributed by atoms with Crippen LogP contribution in [0.4, 0.5) is 0 Å². The van der Waals surface area contributed by atoms with Gasteiger partial charge in [-0.05, 0) is 6.42 Å². The van der Waals surface area contributed by atoms with Gasteiger partial charge in [0, 0.05) is 6.54 Å². The molecule has 5 heteroatoms. The minimum Gasteiger partial charge on any atom is -0.469 e. The SMILES string of the molecule is CCC(NCCC(=O)OC)C(=O)OC. The van der Waals surface area contributed by atoms with E-state index in [4.69, 9.17) is 0 Å². The summed E-state index contributed by atoms with van der Waals surface area (Å²) in [6.45, 7) is 2.28. The highest BCUT2D eigenvalue weighted by molar-refractivity contribution is 5.75. The summed E-state index contributed by atoms with van der Waals surface area (Å²) in [6.07, 6.45) is 0.887. The van der Waals surface area contributed by atoms with Crippen molar-refractivity contribution in [3.05, 3.63) is 0 Å². The van der Waals surface area contributed by atoms with Crippen LogP contribution in [0.2, 0.25) is 0 Å². The van der Waals surface area contributed by atoms with E-state index >= 15 is 0 Å². The quantitative estimate of drug-likeness (QED) is 0.620. The highest BCUT2D eigenvalue weighted by Crippen LogP contribution is 1.94. The molecule has 0 aliphatic rings. The second kappa shape index (κ2) is 7.32. The number of carbonyl (C=O) groups excluding carboxylic acids is 2. The van der Waals surface area contributed by atoms with Gasteiger partial charge in [0.2, 0.25) is 0 Å². The van der Waals surface area contributed by atoms with Gasteiger partial charge in [-0.25, -0.2) is 0 Å². The van der Waals surface area contributed by atoms with Crippen LogP contribution in [0.15, 0.2) is 0 Å². The number of esters is 2. The van der Waals surface area contributed by atoms with Crippen LogP contribution in [0, 0.1) is 0 Å². The van der Waals surface area contributed by atoms with Crippen LogP contribution < -0.4 is 5.32 Å². The zero-order valence-corrected chi connectivity index (χ0v) is 8.83. The number of nitrogens with one attached hydrogen (secondary N) is 1. The van der Waals surface area contributed by atoms with Gasteiger partial charge >= 0.3 is 11.9 Å². The lowest BCUT2D eigenvalue weighted by molar-refractivity contribution is -0.144. The zero-order chi connectivity index (χ0) is 11.0. The van der Waals surface area contributed by atoms with E-state index in [9.17, 15) is 9.59 Å². The largest absolute Gasteiger partial charge is 0.469 e. The smallest absolute Gasteiger partial charge is 0.322 e. The van der Waals surface area contributed by atoms with Crippen molar-refractivity contribution < 1.29 is 19.1 Å². The van der Waals surface area contributed by atoms with Crippen LogP contribution >= 0.6 is 0 Å². The first-order valence-electron chi connectivity index (χ1n) is 4.53. The Morgan fingerprint density at radius 2 is 1.93 bits per heavy atom. The van der Waals surface area contributed by atoms with Crippen LogP contribution in [0.25, 0.3) is 0 Å². The van der Waals surface area contributed by atoms with Crippen LogP contribution in [0.5, 0.6) is 0 Å². The highest BCUT2D eigenvalue weighted by atomic mass is 16.5. The fourth-order valence-electron chi connectivity index (χ4n) is 0.987. The molecule has 0 spiro atoms. The summed E-state index contributed by atoms with van der Waals surface area (Å²) in [7, 11) is 2.67. The molecule has 82 valence electrons. The average Bonchev–Trinajstić information content (AvgIpc) is 2.22. The lowest BCUT2D eigenvalue weighted by Gasteiger charge is -2.13. The molecular formula is C9H17NO4. The molecule has 0 heterocycles. The molecule has 1 N–H and O–H groups in total. The summed E-state index contributed by atoms with van der Waals surface area (Å²) < 4.78 is 9.03. The first kappa shape index (κ1) is 12.9. The van der Waals surface area contributed by atoms with Crippen molar-refractivity contribution in [3.63, 3.8) is 0 Å². The second-order valence-electron chi connectivity index (χ2n) is 2.76. The first-order chi connectivity index (χ1) is 6.65. The van der Waals surface area contributed by atoms with Gasteiger partial charge in [-0.3, -0.25) is 9.59 Å². The van der Waals surface area contributed by atoms with Crippen LogP contribution in [-0.4, -0.2) is 38.7 Å². The number of ether oxygens (including phenoxy) is 2. The molecular weight excluding hydrogens is 186 g/mol. The van der Waals surface area contributed by atoms with E-state index in [1.807, 2.05) is 6.92 Å². The summed E-state index contributed by atoms with van der Waals surface area (Å²) in [5, 5.41) is 2.91. The average molecular weight is 203 g/mol. The Balaban J connectivity index is 3.73. The molecule has 0 fully saturated rings. The molecule has 0 saturated carbocycles. The fraction of sp³-hybridized carbons (Fsp3) is 0.778. The van der Waals surface area contributed by atoms with Crippen molar-refractivity contribution in [3.8, 4) is 0 Å². The zero-order valence-electron chi connectivity index (χ0n) is 8.83. The number of hydrogen-bond acceptors (Lipinski definition) is 5. The Kier molecular flexibility index (Phi) is 6.74. The van der Waals surface area contributed by atoms with Crippen molar-refractivity contribution in [2.24, 2.45) is 0 Å². The second-order valence-corrected chi connectivity index (χ2v) is 2.76. The molecule has 0 aromatic carbocycles. The van der Waals surface area contributed by atoms with E-state index < -0.39 is 0 Å². The van der Waals surface area contributed by atoms with Crippen molar-refractivity contribution in [2.45, 2.75) is 25.8 Å². The molecule has 0 bridgehead atoms. The summed E-state index contributed by atoms with van der Waals surface area (Å²) >= 11 is 0. The van der Waals surface area contributed by atoms with Gasteiger partial charge in [0.05, 0.1) is 20.6 Å². The van der Waals surface area contributed by atoms with Gasteiger partial charge < -0.3 is 14.8 Å². The van der Waals surface area contributed by atoms with Crippen molar-refractivity contribution >= 4 is 11.9 Å². The number of methoxy groups -OCH3 is 2. The molecule has 0 aliphatic carbocycles. The molecule has 0 aliphatic heterocycles. The Morgan fingerprint density at radius 1 is 1.29 bits per heavy atom. The van der Waals surface area contributed by atoms with Gasteiger partial charge in [-0.15, -0.1) is 0 Å². The third-order valence-corrected chi connectivity index (χ3v) is 1.84.